The van der Waals surface area contributed by atoms with Crippen molar-refractivity contribution in [1.29, 1.82) is 0 Å². The van der Waals surface area contributed by atoms with E-state index in [1.54, 1.807) is 35.6 Å². The summed E-state index contributed by atoms with van der Waals surface area (Å²) < 4.78 is 22.9. The highest BCUT2D eigenvalue weighted by Crippen LogP contribution is 2.31. The molecule has 1 aliphatic rings. The van der Waals surface area contributed by atoms with Crippen molar-refractivity contribution in [3.63, 3.8) is 0 Å². The Bertz CT molecular complexity index is 803. The average Bonchev–Trinajstić information content (AvgIpc) is 3.14. The van der Waals surface area contributed by atoms with Gasteiger partial charge >= 0.3 is 0 Å². The van der Waals surface area contributed by atoms with Gasteiger partial charge in [0.15, 0.2) is 9.84 Å². The summed E-state index contributed by atoms with van der Waals surface area (Å²) in [6.45, 7) is 1.66. The Morgan fingerprint density at radius 2 is 1.84 bits per heavy atom. The highest BCUT2D eigenvalue weighted by Gasteiger charge is 2.24. The predicted octanol–water partition coefficient (Wildman–Crippen LogP) is 3.49. The summed E-state index contributed by atoms with van der Waals surface area (Å²) in [5, 5.41) is 2.11. The number of carbonyl (C=O) groups is 1. The molecule has 0 spiro atoms. The molecule has 6 heteroatoms. The lowest BCUT2D eigenvalue weighted by molar-refractivity contribution is -0.132. The average molecular weight is 378 g/mol. The Morgan fingerprint density at radius 3 is 2.40 bits per heavy atom. The molecule has 4 nitrogen and oxygen atoms in total. The van der Waals surface area contributed by atoms with E-state index in [-0.39, 0.29) is 5.91 Å². The first-order valence-electron chi connectivity index (χ1n) is 8.53. The van der Waals surface area contributed by atoms with Crippen molar-refractivity contribution in [3.05, 3.63) is 52.2 Å². The maximum Gasteiger partial charge on any atom is 0.222 e. The number of carbonyl (C=O) groups excluding carboxylic acids is 1. The minimum atomic E-state index is -3.17. The van der Waals surface area contributed by atoms with E-state index in [0.717, 1.165) is 31.5 Å². The zero-order chi connectivity index (χ0) is 17.9. The van der Waals surface area contributed by atoms with Crippen LogP contribution in [0.3, 0.4) is 0 Å². The number of nitrogens with zero attached hydrogens (tertiary/aromatic N) is 1. The zero-order valence-corrected chi connectivity index (χ0v) is 16.0. The lowest BCUT2D eigenvalue weighted by atomic mass is 9.95. The molecular formula is C19H23NO3S2. The molecular weight excluding hydrogens is 354 g/mol. The molecule has 134 valence electrons. The number of sulfone groups is 1. The molecule has 0 N–H and O–H groups in total. The van der Waals surface area contributed by atoms with E-state index in [9.17, 15) is 13.2 Å². The molecule has 0 aliphatic carbocycles. The number of benzene rings is 1. The van der Waals surface area contributed by atoms with E-state index in [0.29, 0.717) is 23.7 Å². The largest absolute Gasteiger partial charge is 0.343 e. The lowest BCUT2D eigenvalue weighted by Crippen LogP contribution is -2.37. The van der Waals surface area contributed by atoms with Crippen molar-refractivity contribution in [1.82, 2.24) is 4.90 Å². The number of piperidine rings is 1. The highest BCUT2D eigenvalue weighted by atomic mass is 32.2. The maximum absolute atomic E-state index is 12.4. The fourth-order valence-electron chi connectivity index (χ4n) is 3.25. The van der Waals surface area contributed by atoms with Crippen molar-refractivity contribution in [3.8, 4) is 0 Å². The second kappa shape index (κ2) is 7.70. The van der Waals surface area contributed by atoms with Gasteiger partial charge < -0.3 is 4.90 Å². The van der Waals surface area contributed by atoms with Crippen molar-refractivity contribution in [2.45, 2.75) is 36.5 Å². The van der Waals surface area contributed by atoms with Crippen molar-refractivity contribution < 1.29 is 13.2 Å². The second-order valence-electron chi connectivity index (χ2n) is 6.59. The number of likely N-dealkylation sites (tertiary alicyclic amines) is 1. The van der Waals surface area contributed by atoms with E-state index in [1.165, 1.54) is 11.1 Å². The van der Waals surface area contributed by atoms with E-state index in [1.807, 2.05) is 4.90 Å². The van der Waals surface area contributed by atoms with Gasteiger partial charge in [-0.2, -0.15) is 0 Å². The van der Waals surface area contributed by atoms with Gasteiger partial charge in [-0.05, 0) is 54.3 Å². The molecule has 2 heterocycles. The molecule has 0 bridgehead atoms. The molecule has 0 unspecified atom stereocenters. The maximum atomic E-state index is 12.4. The standard InChI is InChI=1S/C19H23NO3S2/c1-25(22,23)17-7-4-15(5-8-17)6-9-19(21)20-12-10-16(11-13-20)18-3-2-14-24-18/h2-5,7-8,14,16H,6,9-13H2,1H3. The summed E-state index contributed by atoms with van der Waals surface area (Å²) in [7, 11) is -3.17. The van der Waals surface area contributed by atoms with Gasteiger partial charge in [-0.15, -0.1) is 11.3 Å². The fourth-order valence-corrected chi connectivity index (χ4v) is 4.78. The number of hydrogen-bond donors (Lipinski definition) is 0. The molecule has 2 aromatic rings. The molecule has 3 rings (SSSR count). The number of thiophene rings is 1. The predicted molar refractivity (Wildman–Crippen MR) is 101 cm³/mol. The van der Waals surface area contributed by atoms with Gasteiger partial charge in [0.2, 0.25) is 5.91 Å². The topological polar surface area (TPSA) is 54.5 Å². The highest BCUT2D eigenvalue weighted by molar-refractivity contribution is 7.90. The molecule has 1 aromatic carbocycles. The van der Waals surface area contributed by atoms with Gasteiger partial charge in [0.25, 0.3) is 0 Å². The van der Waals surface area contributed by atoms with Crippen LogP contribution in [0.5, 0.6) is 0 Å². The monoisotopic (exact) mass is 377 g/mol. The number of hydrogen-bond acceptors (Lipinski definition) is 4. The molecule has 0 saturated carbocycles. The minimum absolute atomic E-state index is 0.191. The Morgan fingerprint density at radius 1 is 1.16 bits per heavy atom. The van der Waals surface area contributed by atoms with Crippen molar-refractivity contribution in [2.75, 3.05) is 19.3 Å². The minimum Gasteiger partial charge on any atom is -0.343 e. The first-order valence-corrected chi connectivity index (χ1v) is 11.3. The van der Waals surface area contributed by atoms with E-state index in [2.05, 4.69) is 17.5 Å². The molecule has 1 aromatic heterocycles. The van der Waals surface area contributed by atoms with E-state index in [4.69, 9.17) is 0 Å². The van der Waals surface area contributed by atoms with Crippen molar-refractivity contribution >= 4 is 27.1 Å². The normalized spacial score (nSPS) is 16.1. The van der Waals surface area contributed by atoms with Crippen LogP contribution in [0.2, 0.25) is 0 Å². The first-order chi connectivity index (χ1) is 11.9. The second-order valence-corrected chi connectivity index (χ2v) is 9.58. The van der Waals surface area contributed by atoms with Gasteiger partial charge in [-0.3, -0.25) is 4.79 Å². The van der Waals surface area contributed by atoms with E-state index >= 15 is 0 Å². The summed E-state index contributed by atoms with van der Waals surface area (Å²) in [6, 6.07) is 11.1. The third kappa shape index (κ3) is 4.70. The van der Waals surface area contributed by atoms with Crippen LogP contribution in [0.25, 0.3) is 0 Å². The molecule has 1 amide bonds. The summed E-state index contributed by atoms with van der Waals surface area (Å²) in [5.74, 6) is 0.782. The molecule has 25 heavy (non-hydrogen) atoms. The van der Waals surface area contributed by atoms with Gasteiger partial charge in [0.05, 0.1) is 4.90 Å². The van der Waals surface area contributed by atoms with Crippen LogP contribution in [0.4, 0.5) is 0 Å². The number of aryl methyl sites for hydroxylation is 1. The van der Waals surface area contributed by atoms with Crippen LogP contribution in [-0.2, 0) is 21.1 Å². The van der Waals surface area contributed by atoms with Crippen LogP contribution in [0, 0.1) is 0 Å². The van der Waals surface area contributed by atoms with Crippen LogP contribution in [0.15, 0.2) is 46.7 Å². The third-order valence-corrected chi connectivity index (χ3v) is 6.94. The fraction of sp³-hybridized carbons (Fsp3) is 0.421. The molecule has 0 radical (unpaired) electrons. The molecule has 1 aliphatic heterocycles. The van der Waals surface area contributed by atoms with Crippen LogP contribution >= 0.6 is 11.3 Å². The van der Waals surface area contributed by atoms with E-state index < -0.39 is 9.84 Å². The SMILES string of the molecule is CS(=O)(=O)c1ccc(CCC(=O)N2CCC(c3cccs3)CC2)cc1. The summed E-state index contributed by atoms with van der Waals surface area (Å²) in [4.78, 5) is 16.1. The van der Waals surface area contributed by atoms with Crippen LogP contribution in [0.1, 0.15) is 35.6 Å². The third-order valence-electron chi connectivity index (χ3n) is 4.77. The van der Waals surface area contributed by atoms with Crippen LogP contribution < -0.4 is 0 Å². The number of rotatable bonds is 5. The quantitative estimate of drug-likeness (QED) is 0.801. The van der Waals surface area contributed by atoms with Gasteiger partial charge in [-0.1, -0.05) is 18.2 Å². The molecule has 0 atom stereocenters. The van der Waals surface area contributed by atoms with Crippen LogP contribution in [-0.4, -0.2) is 38.6 Å². The summed E-state index contributed by atoms with van der Waals surface area (Å²) in [5.41, 5.74) is 0.995. The molecule has 1 fully saturated rings. The smallest absolute Gasteiger partial charge is 0.222 e. The lowest BCUT2D eigenvalue weighted by Gasteiger charge is -2.31. The number of amides is 1. The van der Waals surface area contributed by atoms with Gasteiger partial charge in [-0.25, -0.2) is 8.42 Å². The van der Waals surface area contributed by atoms with Gasteiger partial charge in [0, 0.05) is 30.6 Å². The zero-order valence-electron chi connectivity index (χ0n) is 14.3. The Hall–Kier alpha value is -1.66. The Labute approximate surface area is 153 Å². The Kier molecular flexibility index (Phi) is 5.59. The van der Waals surface area contributed by atoms with Crippen molar-refractivity contribution in [2.24, 2.45) is 0 Å². The Balaban J connectivity index is 1.48. The summed E-state index contributed by atoms with van der Waals surface area (Å²) >= 11 is 1.80. The first kappa shape index (κ1) is 18.1. The molecule has 1 saturated heterocycles. The van der Waals surface area contributed by atoms with Gasteiger partial charge in [0.1, 0.15) is 0 Å². The summed E-state index contributed by atoms with van der Waals surface area (Å²) in [6.07, 6.45) is 4.39.